The summed E-state index contributed by atoms with van der Waals surface area (Å²) in [4.78, 5) is 15.2. The molecule has 0 aliphatic heterocycles. The lowest BCUT2D eigenvalue weighted by molar-refractivity contribution is 0.0696. The van der Waals surface area contributed by atoms with Gasteiger partial charge in [0.25, 0.3) is 0 Å². The van der Waals surface area contributed by atoms with Crippen LogP contribution in [-0.2, 0) is 6.42 Å². The Balaban J connectivity index is 1.50. The number of ether oxygens (including phenoxy) is 1. The van der Waals surface area contributed by atoms with Crippen molar-refractivity contribution in [1.82, 2.24) is 10.3 Å². The molecular weight excluding hydrogens is 380 g/mol. The van der Waals surface area contributed by atoms with Gasteiger partial charge in [0.2, 0.25) is 0 Å². The zero-order valence-electron chi connectivity index (χ0n) is 16.9. The van der Waals surface area contributed by atoms with Gasteiger partial charge in [0.1, 0.15) is 5.75 Å². The van der Waals surface area contributed by atoms with Crippen LogP contribution in [0.25, 0.3) is 11.1 Å². The molecule has 3 N–H and O–H groups in total. The zero-order chi connectivity index (χ0) is 21.3. The first kappa shape index (κ1) is 21.5. The molecule has 1 atom stereocenters. The van der Waals surface area contributed by atoms with Gasteiger partial charge >= 0.3 is 5.97 Å². The highest BCUT2D eigenvalue weighted by Crippen LogP contribution is 2.31. The van der Waals surface area contributed by atoms with Gasteiger partial charge in [0.05, 0.1) is 18.8 Å². The number of benzene rings is 2. The van der Waals surface area contributed by atoms with Crippen molar-refractivity contribution in [2.24, 2.45) is 0 Å². The number of methoxy groups -OCH3 is 1. The van der Waals surface area contributed by atoms with Crippen LogP contribution in [0.3, 0.4) is 0 Å². The second-order valence-corrected chi connectivity index (χ2v) is 7.03. The quantitative estimate of drug-likeness (QED) is 0.445. The summed E-state index contributed by atoms with van der Waals surface area (Å²) in [6, 6.07) is 16.8. The summed E-state index contributed by atoms with van der Waals surface area (Å²) in [5.74, 6) is -0.434. The van der Waals surface area contributed by atoms with Crippen LogP contribution in [0.4, 0.5) is 0 Å². The highest BCUT2D eigenvalue weighted by molar-refractivity contribution is 5.89. The largest absolute Gasteiger partial charge is 0.496 e. The third-order valence-corrected chi connectivity index (χ3v) is 4.94. The van der Waals surface area contributed by atoms with E-state index in [2.05, 4.69) is 22.4 Å². The van der Waals surface area contributed by atoms with Crippen LogP contribution in [0.5, 0.6) is 5.75 Å². The van der Waals surface area contributed by atoms with E-state index >= 15 is 0 Å². The van der Waals surface area contributed by atoms with Gasteiger partial charge in [0, 0.05) is 30.1 Å². The monoisotopic (exact) mass is 406 g/mol. The maximum Gasteiger partial charge on any atom is 0.335 e. The number of pyridine rings is 1. The van der Waals surface area contributed by atoms with Gasteiger partial charge in [-0.3, -0.25) is 4.98 Å². The number of aromatic carboxylic acids is 1. The number of carbonyl (C=O) groups is 1. The van der Waals surface area contributed by atoms with Gasteiger partial charge in [-0.25, -0.2) is 4.79 Å². The molecule has 0 bridgehead atoms. The van der Waals surface area contributed by atoms with E-state index < -0.39 is 12.1 Å². The Kier molecular flexibility index (Phi) is 7.54. The summed E-state index contributed by atoms with van der Waals surface area (Å²) in [7, 11) is 1.54. The molecule has 30 heavy (non-hydrogen) atoms. The summed E-state index contributed by atoms with van der Waals surface area (Å²) < 4.78 is 5.37. The van der Waals surface area contributed by atoms with Crippen molar-refractivity contribution in [1.29, 1.82) is 0 Å². The number of hydrogen-bond donors (Lipinski definition) is 3. The van der Waals surface area contributed by atoms with Crippen molar-refractivity contribution in [2.75, 3.05) is 20.2 Å². The number of aryl methyl sites for hydroxylation is 1. The smallest absolute Gasteiger partial charge is 0.335 e. The van der Waals surface area contributed by atoms with E-state index in [9.17, 15) is 9.90 Å². The molecular formula is C24H26N2O4. The molecule has 6 nitrogen and oxygen atoms in total. The standard InChI is InChI=1S/C24H26N2O4/c1-30-23-14-19(24(28)29)10-11-21(23)18-8-6-17(7-9-18)4-2-12-26-16-22(27)20-5-3-13-25-15-20/h3,5-11,13-15,22,26-27H,2,4,12,16H2,1H3,(H,28,29)/t22-/m1/s1. The SMILES string of the molecule is COc1cc(C(=O)O)ccc1-c1ccc(CCCNC[C@@H](O)c2cccnc2)cc1. The lowest BCUT2D eigenvalue weighted by Crippen LogP contribution is -2.22. The molecule has 2 aromatic carbocycles. The summed E-state index contributed by atoms with van der Waals surface area (Å²) in [6.07, 6.45) is 4.69. The van der Waals surface area contributed by atoms with E-state index in [1.807, 2.05) is 24.3 Å². The van der Waals surface area contributed by atoms with E-state index in [1.54, 1.807) is 24.5 Å². The molecule has 0 saturated heterocycles. The first-order valence-corrected chi connectivity index (χ1v) is 9.88. The summed E-state index contributed by atoms with van der Waals surface area (Å²) in [5.41, 5.74) is 4.07. The van der Waals surface area contributed by atoms with Gasteiger partial charge in [-0.2, -0.15) is 0 Å². The Morgan fingerprint density at radius 1 is 1.17 bits per heavy atom. The fourth-order valence-electron chi connectivity index (χ4n) is 3.26. The molecule has 156 valence electrons. The van der Waals surface area contributed by atoms with Gasteiger partial charge in [0.15, 0.2) is 0 Å². The zero-order valence-corrected chi connectivity index (χ0v) is 16.9. The van der Waals surface area contributed by atoms with E-state index in [-0.39, 0.29) is 5.56 Å². The number of aliphatic hydroxyl groups is 1. The first-order chi connectivity index (χ1) is 14.6. The Hall–Kier alpha value is -3.22. The molecule has 3 rings (SSSR count). The second kappa shape index (κ2) is 10.5. The number of carboxylic acids is 1. The molecule has 1 heterocycles. The van der Waals surface area contributed by atoms with E-state index in [0.29, 0.717) is 12.3 Å². The average molecular weight is 406 g/mol. The van der Waals surface area contributed by atoms with Crippen molar-refractivity contribution in [3.8, 4) is 16.9 Å². The van der Waals surface area contributed by atoms with Crippen LogP contribution in [0, 0.1) is 0 Å². The minimum Gasteiger partial charge on any atom is -0.496 e. The summed E-state index contributed by atoms with van der Waals surface area (Å²) >= 11 is 0. The van der Waals surface area contributed by atoms with Crippen LogP contribution < -0.4 is 10.1 Å². The highest BCUT2D eigenvalue weighted by Gasteiger charge is 2.11. The number of nitrogens with one attached hydrogen (secondary N) is 1. The van der Waals surface area contributed by atoms with E-state index in [0.717, 1.165) is 36.1 Å². The fourth-order valence-corrected chi connectivity index (χ4v) is 3.26. The van der Waals surface area contributed by atoms with Crippen molar-refractivity contribution >= 4 is 5.97 Å². The molecule has 0 aliphatic carbocycles. The van der Waals surface area contributed by atoms with Gasteiger partial charge in [-0.1, -0.05) is 30.3 Å². The van der Waals surface area contributed by atoms with Gasteiger partial charge in [-0.05, 0) is 54.8 Å². The third-order valence-electron chi connectivity index (χ3n) is 4.94. The van der Waals surface area contributed by atoms with E-state index in [1.165, 1.54) is 18.7 Å². The van der Waals surface area contributed by atoms with Gasteiger partial charge in [-0.15, -0.1) is 0 Å². The first-order valence-electron chi connectivity index (χ1n) is 9.88. The number of aromatic nitrogens is 1. The number of hydrogen-bond acceptors (Lipinski definition) is 5. The summed E-state index contributed by atoms with van der Waals surface area (Å²) in [6.45, 7) is 1.31. The maximum absolute atomic E-state index is 11.1. The van der Waals surface area contributed by atoms with Crippen LogP contribution in [0.2, 0.25) is 0 Å². The summed E-state index contributed by atoms with van der Waals surface area (Å²) in [5, 5.41) is 22.5. The second-order valence-electron chi connectivity index (χ2n) is 7.03. The van der Waals surface area contributed by atoms with Crippen molar-refractivity contribution in [3.63, 3.8) is 0 Å². The molecule has 0 amide bonds. The lowest BCUT2D eigenvalue weighted by Gasteiger charge is -2.12. The van der Waals surface area contributed by atoms with Crippen molar-refractivity contribution in [3.05, 3.63) is 83.7 Å². The molecule has 0 fully saturated rings. The molecule has 0 aliphatic rings. The highest BCUT2D eigenvalue weighted by atomic mass is 16.5. The normalized spacial score (nSPS) is 11.8. The van der Waals surface area contributed by atoms with Crippen molar-refractivity contribution < 1.29 is 19.7 Å². The number of aliphatic hydroxyl groups excluding tert-OH is 1. The average Bonchev–Trinajstić information content (AvgIpc) is 2.79. The number of rotatable bonds is 10. The predicted octanol–water partition coefficient (Wildman–Crippen LogP) is 3.71. The molecule has 0 saturated carbocycles. The minimum absolute atomic E-state index is 0.202. The van der Waals surface area contributed by atoms with Crippen molar-refractivity contribution in [2.45, 2.75) is 18.9 Å². The molecule has 0 unspecified atom stereocenters. The predicted molar refractivity (Wildman–Crippen MR) is 116 cm³/mol. The van der Waals surface area contributed by atoms with Crippen LogP contribution in [0.15, 0.2) is 67.0 Å². The molecule has 1 aromatic heterocycles. The molecule has 0 radical (unpaired) electrons. The topological polar surface area (TPSA) is 91.7 Å². The third kappa shape index (κ3) is 5.65. The fraction of sp³-hybridized carbons (Fsp3) is 0.250. The minimum atomic E-state index is -0.975. The number of nitrogens with zero attached hydrogens (tertiary/aromatic N) is 1. The molecule has 0 spiro atoms. The van der Waals surface area contributed by atoms with Crippen LogP contribution >= 0.6 is 0 Å². The lowest BCUT2D eigenvalue weighted by atomic mass is 10.00. The number of carboxylic acid groups (broad SMARTS) is 1. The molecule has 6 heteroatoms. The van der Waals surface area contributed by atoms with Crippen LogP contribution in [0.1, 0.15) is 34.0 Å². The Labute approximate surface area is 176 Å². The van der Waals surface area contributed by atoms with E-state index in [4.69, 9.17) is 9.84 Å². The Bertz CT molecular complexity index is 959. The van der Waals surface area contributed by atoms with Crippen LogP contribution in [-0.4, -0.2) is 41.4 Å². The molecule has 3 aromatic rings. The van der Waals surface area contributed by atoms with Gasteiger partial charge < -0.3 is 20.3 Å². The maximum atomic E-state index is 11.1. The Morgan fingerprint density at radius 2 is 1.97 bits per heavy atom. The Morgan fingerprint density at radius 3 is 2.63 bits per heavy atom.